The molecule has 0 amide bonds. The lowest BCUT2D eigenvalue weighted by Crippen LogP contribution is -2.50. The summed E-state index contributed by atoms with van der Waals surface area (Å²) in [6.45, 7) is 8.60. The Morgan fingerprint density at radius 1 is 1.16 bits per heavy atom. The van der Waals surface area contributed by atoms with Crippen molar-refractivity contribution in [2.45, 2.75) is 30.9 Å². The van der Waals surface area contributed by atoms with Crippen LogP contribution < -0.4 is 4.90 Å². The fourth-order valence-electron chi connectivity index (χ4n) is 2.80. The van der Waals surface area contributed by atoms with Gasteiger partial charge in [-0.1, -0.05) is 17.4 Å². The molecule has 3 heterocycles. The van der Waals surface area contributed by atoms with Crippen LogP contribution in [-0.4, -0.2) is 94.5 Å². The molecule has 2 aliphatic rings. The maximum Gasteiger partial charge on any atom is 0.490 e. The number of rotatable bonds is 4. The van der Waals surface area contributed by atoms with Gasteiger partial charge in [0.1, 0.15) is 5.51 Å². The third-order valence-corrected chi connectivity index (χ3v) is 4.88. The highest BCUT2D eigenvalue weighted by atomic mass is 32.1. The van der Waals surface area contributed by atoms with E-state index in [0.29, 0.717) is 18.8 Å². The minimum absolute atomic E-state index is 0.363. The average molecular weight is 494 g/mol. The molecule has 16 heteroatoms. The lowest BCUT2D eigenvalue weighted by Gasteiger charge is -2.36. The van der Waals surface area contributed by atoms with Gasteiger partial charge in [0.15, 0.2) is 0 Å². The second-order valence-corrected chi connectivity index (χ2v) is 7.21. The number of aliphatic carboxylic acids is 2. The smallest absolute Gasteiger partial charge is 0.475 e. The van der Waals surface area contributed by atoms with Crippen molar-refractivity contribution in [1.29, 1.82) is 0 Å². The number of hydrogen-bond donors (Lipinski definition) is 2. The normalized spacial score (nSPS) is 20.9. The molecule has 0 saturated carbocycles. The number of fused-ring (bicyclic) bond motifs is 1. The minimum atomic E-state index is -5.08. The summed E-state index contributed by atoms with van der Waals surface area (Å²) < 4.78 is 69.2. The Hall–Kier alpha value is -2.46. The van der Waals surface area contributed by atoms with Crippen LogP contribution in [0, 0.1) is 0 Å². The van der Waals surface area contributed by atoms with E-state index in [9.17, 15) is 26.3 Å². The van der Waals surface area contributed by atoms with E-state index in [1.54, 1.807) is 16.8 Å². The van der Waals surface area contributed by atoms with Crippen molar-refractivity contribution < 1.29 is 50.9 Å². The number of hydrogen-bond acceptors (Lipinski definition) is 8. The molecular weight excluding hydrogens is 474 g/mol. The number of carboxylic acids is 2. The molecule has 2 atom stereocenters. The molecule has 2 saturated heterocycles. The van der Waals surface area contributed by atoms with E-state index >= 15 is 0 Å². The Labute approximate surface area is 181 Å². The van der Waals surface area contributed by atoms with Crippen molar-refractivity contribution in [3.63, 3.8) is 0 Å². The van der Waals surface area contributed by atoms with E-state index in [0.717, 1.165) is 37.7 Å². The Bertz CT molecular complexity index is 722. The van der Waals surface area contributed by atoms with Gasteiger partial charge in [-0.2, -0.15) is 26.3 Å². The van der Waals surface area contributed by atoms with E-state index in [2.05, 4.69) is 26.6 Å². The van der Waals surface area contributed by atoms with Crippen LogP contribution in [0.1, 0.15) is 6.42 Å². The Balaban J connectivity index is 0.000000305. The summed E-state index contributed by atoms with van der Waals surface area (Å²) in [5.74, 6) is -5.51. The number of carboxylic acid groups (broad SMARTS) is 2. The number of alkyl halides is 6. The fraction of sp³-hybridized carbons (Fsp3) is 0.625. The molecule has 1 aromatic rings. The van der Waals surface area contributed by atoms with Gasteiger partial charge in [-0.05, 0) is 6.42 Å². The molecule has 0 aliphatic carbocycles. The molecule has 2 fully saturated rings. The quantitative estimate of drug-likeness (QED) is 0.480. The predicted molar refractivity (Wildman–Crippen MR) is 99.4 cm³/mol. The summed E-state index contributed by atoms with van der Waals surface area (Å²) in [5, 5.41) is 23.4. The lowest BCUT2D eigenvalue weighted by molar-refractivity contribution is -0.193. The maximum atomic E-state index is 10.6. The zero-order chi connectivity index (χ0) is 24.5. The van der Waals surface area contributed by atoms with Gasteiger partial charge in [-0.15, -0.1) is 16.8 Å². The Morgan fingerprint density at radius 3 is 2.16 bits per heavy atom. The molecule has 0 spiro atoms. The van der Waals surface area contributed by atoms with E-state index in [1.165, 1.54) is 0 Å². The second kappa shape index (κ2) is 12.0. The molecule has 0 radical (unpaired) electrons. The molecule has 0 bridgehead atoms. The summed E-state index contributed by atoms with van der Waals surface area (Å²) in [5.41, 5.74) is 1.80. The molecule has 32 heavy (non-hydrogen) atoms. The van der Waals surface area contributed by atoms with Gasteiger partial charge in [-0.25, -0.2) is 9.59 Å². The summed E-state index contributed by atoms with van der Waals surface area (Å²) in [7, 11) is 0. The summed E-state index contributed by atoms with van der Waals surface area (Å²) in [6.07, 6.45) is -6.86. The first-order chi connectivity index (χ1) is 14.8. The third-order valence-electron chi connectivity index (χ3n) is 4.13. The lowest BCUT2D eigenvalue weighted by atomic mass is 10.1. The number of ether oxygens (including phenoxy) is 1. The van der Waals surface area contributed by atoms with Gasteiger partial charge in [0.2, 0.25) is 5.13 Å². The van der Waals surface area contributed by atoms with Crippen LogP contribution >= 0.6 is 11.3 Å². The van der Waals surface area contributed by atoms with Crippen molar-refractivity contribution in [1.82, 2.24) is 15.1 Å². The van der Waals surface area contributed by atoms with Gasteiger partial charge >= 0.3 is 24.3 Å². The van der Waals surface area contributed by atoms with Crippen LogP contribution in [0.2, 0.25) is 0 Å². The van der Waals surface area contributed by atoms with Gasteiger partial charge in [0, 0.05) is 32.2 Å². The first kappa shape index (κ1) is 27.6. The number of carbonyl (C=O) groups is 2. The number of piperazine rings is 1. The zero-order valence-corrected chi connectivity index (χ0v) is 17.2. The van der Waals surface area contributed by atoms with Crippen LogP contribution in [0.4, 0.5) is 31.5 Å². The Kier molecular flexibility index (Phi) is 10.3. The molecule has 1 aromatic heterocycles. The Morgan fingerprint density at radius 2 is 1.72 bits per heavy atom. The molecule has 3 rings (SSSR count). The van der Waals surface area contributed by atoms with E-state index in [1.807, 2.05) is 6.08 Å². The molecule has 0 aromatic carbocycles. The SMILES string of the molecule is C=CCO[C@@H]1C[C@H]2CN(c3nncs3)CCN2C1.O=C(O)C(F)(F)F.O=C(O)C(F)(F)F. The van der Waals surface area contributed by atoms with Gasteiger partial charge in [0.05, 0.1) is 12.7 Å². The fourth-order valence-corrected chi connectivity index (χ4v) is 3.40. The zero-order valence-electron chi connectivity index (χ0n) is 16.3. The van der Waals surface area contributed by atoms with Crippen molar-refractivity contribution in [3.8, 4) is 0 Å². The van der Waals surface area contributed by atoms with Gasteiger partial charge in [0.25, 0.3) is 0 Å². The average Bonchev–Trinajstić information content (AvgIpc) is 3.34. The first-order valence-corrected chi connectivity index (χ1v) is 9.71. The predicted octanol–water partition coefficient (Wildman–Crippen LogP) is 2.27. The monoisotopic (exact) mass is 494 g/mol. The number of anilines is 1. The summed E-state index contributed by atoms with van der Waals surface area (Å²) >= 11 is 1.62. The van der Waals surface area contributed by atoms with Crippen molar-refractivity contribution in [2.24, 2.45) is 0 Å². The molecule has 0 unspecified atom stereocenters. The van der Waals surface area contributed by atoms with E-state index in [-0.39, 0.29) is 0 Å². The summed E-state index contributed by atoms with van der Waals surface area (Å²) in [4.78, 5) is 22.7. The molecule has 2 N–H and O–H groups in total. The van der Waals surface area contributed by atoms with Gasteiger partial charge in [-0.3, -0.25) is 4.90 Å². The van der Waals surface area contributed by atoms with E-state index in [4.69, 9.17) is 24.5 Å². The molecular formula is C16H20F6N4O5S. The standard InChI is InChI=1S/C12H18N4OS.2C2HF3O2/c1-2-5-17-11-6-10-7-16(4-3-15(10)8-11)12-14-13-9-18-12;2*3-2(4,5)1(6)7/h2,9-11H,1,3-8H2;2*(H,6,7)/t10-,11+;;/m0../s1. The summed E-state index contributed by atoms with van der Waals surface area (Å²) in [6, 6.07) is 0.595. The van der Waals surface area contributed by atoms with Gasteiger partial charge < -0.3 is 19.8 Å². The van der Waals surface area contributed by atoms with Crippen molar-refractivity contribution >= 4 is 28.4 Å². The molecule has 9 nitrogen and oxygen atoms in total. The van der Waals surface area contributed by atoms with Crippen molar-refractivity contribution in [2.75, 3.05) is 37.7 Å². The number of halogens is 6. The highest BCUT2D eigenvalue weighted by molar-refractivity contribution is 7.13. The third kappa shape index (κ3) is 9.35. The van der Waals surface area contributed by atoms with Crippen LogP contribution in [0.15, 0.2) is 18.2 Å². The van der Waals surface area contributed by atoms with Crippen LogP contribution in [-0.2, 0) is 14.3 Å². The van der Waals surface area contributed by atoms with Crippen LogP contribution in [0.5, 0.6) is 0 Å². The maximum absolute atomic E-state index is 10.6. The number of aromatic nitrogens is 2. The van der Waals surface area contributed by atoms with E-state index < -0.39 is 24.3 Å². The largest absolute Gasteiger partial charge is 0.490 e. The van der Waals surface area contributed by atoms with Crippen LogP contribution in [0.3, 0.4) is 0 Å². The first-order valence-electron chi connectivity index (χ1n) is 8.83. The van der Waals surface area contributed by atoms with Crippen molar-refractivity contribution in [3.05, 3.63) is 18.2 Å². The van der Waals surface area contributed by atoms with Crippen LogP contribution in [0.25, 0.3) is 0 Å². The molecule has 182 valence electrons. The number of nitrogens with zero attached hydrogens (tertiary/aromatic N) is 4. The highest BCUT2D eigenvalue weighted by Gasteiger charge is 2.39. The molecule has 2 aliphatic heterocycles. The second-order valence-electron chi connectivity index (χ2n) is 6.40. The highest BCUT2D eigenvalue weighted by Crippen LogP contribution is 2.27. The topological polar surface area (TPSA) is 116 Å². The minimum Gasteiger partial charge on any atom is -0.475 e.